The maximum absolute atomic E-state index is 14.8. The molecule has 3 rings (SSSR count). The predicted molar refractivity (Wildman–Crippen MR) is 127 cm³/mol. The number of carbonyl (C=O) groups excluding carboxylic acids is 1. The van der Waals surface area contributed by atoms with Crippen LogP contribution in [0.3, 0.4) is 0 Å². The summed E-state index contributed by atoms with van der Waals surface area (Å²) in [4.78, 5) is 24.5. The summed E-state index contributed by atoms with van der Waals surface area (Å²) >= 11 is 0. The molecule has 3 N–H and O–H groups in total. The minimum Gasteiger partial charge on any atom is -0.493 e. The molecule has 9 nitrogen and oxygen atoms in total. The van der Waals surface area contributed by atoms with Crippen molar-refractivity contribution in [3.63, 3.8) is 0 Å². The number of sulfone groups is 1. The monoisotopic (exact) mass is 510 g/mol. The van der Waals surface area contributed by atoms with Crippen LogP contribution in [-0.4, -0.2) is 52.9 Å². The maximum Gasteiger partial charge on any atom is 0.264 e. The molecule has 1 saturated carbocycles. The van der Waals surface area contributed by atoms with Gasteiger partial charge < -0.3 is 14.4 Å². The lowest BCUT2D eigenvalue weighted by Crippen LogP contribution is -2.49. The first-order valence-corrected chi connectivity index (χ1v) is 13.3. The molecule has 1 aromatic heterocycles. The summed E-state index contributed by atoms with van der Waals surface area (Å²) in [7, 11) is -3.89. The Hall–Kier alpha value is -2.76. The van der Waals surface area contributed by atoms with Crippen molar-refractivity contribution < 1.29 is 32.7 Å². The molecule has 11 heteroatoms. The highest BCUT2D eigenvalue weighted by molar-refractivity contribution is 7.92. The lowest BCUT2D eigenvalue weighted by Gasteiger charge is -2.25. The van der Waals surface area contributed by atoms with Crippen LogP contribution >= 0.6 is 0 Å². The molecule has 1 aliphatic carbocycles. The Labute approximate surface area is 203 Å². The molecule has 1 heterocycles. The van der Waals surface area contributed by atoms with Crippen LogP contribution in [0.4, 0.5) is 4.39 Å². The second-order valence-electron chi connectivity index (χ2n) is 9.27. The molecule has 35 heavy (non-hydrogen) atoms. The molecule has 0 spiro atoms. The molecule has 1 amide bonds. The maximum atomic E-state index is 14.8. The number of hydrogen-bond acceptors (Lipinski definition) is 7. The van der Waals surface area contributed by atoms with Crippen LogP contribution in [0.1, 0.15) is 39.0 Å². The van der Waals surface area contributed by atoms with Gasteiger partial charge in [-0.3, -0.25) is 14.8 Å². The molecule has 0 radical (unpaired) electrons. The van der Waals surface area contributed by atoms with Gasteiger partial charge in [0.15, 0.2) is 14.6 Å². The molecule has 1 fully saturated rings. The van der Waals surface area contributed by atoms with Gasteiger partial charge in [-0.2, -0.15) is 0 Å². The Bertz CT molecular complexity index is 1220. The van der Waals surface area contributed by atoms with E-state index in [1.54, 1.807) is 6.07 Å². The number of aliphatic hydroxyl groups excluding tert-OH is 1. The number of aromatic nitrogens is 1. The van der Waals surface area contributed by atoms with E-state index in [-0.39, 0.29) is 24.6 Å². The molecule has 0 aliphatic heterocycles. The fourth-order valence-corrected chi connectivity index (χ4v) is 4.97. The Morgan fingerprint density at radius 2 is 1.91 bits per heavy atom. The van der Waals surface area contributed by atoms with Crippen molar-refractivity contribution in [1.82, 2.24) is 10.0 Å². The van der Waals surface area contributed by atoms with E-state index in [0.29, 0.717) is 23.8 Å². The van der Waals surface area contributed by atoms with Gasteiger partial charge in [0.05, 0.1) is 12.7 Å². The Kier molecular flexibility index (Phi) is 8.34. The first kappa shape index (κ1) is 26.8. The largest absolute Gasteiger partial charge is 0.493 e. The molecule has 0 saturated heterocycles. The zero-order chi connectivity index (χ0) is 25.8. The van der Waals surface area contributed by atoms with Crippen molar-refractivity contribution in [1.29, 1.82) is 0 Å². The van der Waals surface area contributed by atoms with E-state index in [9.17, 15) is 27.5 Å². The topological polar surface area (TPSA) is 135 Å². The Morgan fingerprint density at radius 3 is 2.49 bits per heavy atom. The summed E-state index contributed by atoms with van der Waals surface area (Å²) in [6, 6.07) is 7.19. The summed E-state index contributed by atoms with van der Waals surface area (Å²) in [5.41, 5.74) is 1.42. The smallest absolute Gasteiger partial charge is 0.264 e. The second-order valence-corrected chi connectivity index (χ2v) is 11.7. The SMILES string of the molecule is C[C@@](CCn1ccc(-c2ccc(OCC3CCC(O)CC3)cc2F)cc1=O)(C(=O)NO)S(C)(=O)=O. The van der Waals surface area contributed by atoms with E-state index in [2.05, 4.69) is 0 Å². The molecule has 1 aliphatic rings. The van der Waals surface area contributed by atoms with Gasteiger partial charge in [0.2, 0.25) is 0 Å². The van der Waals surface area contributed by atoms with Crippen molar-refractivity contribution >= 4 is 15.7 Å². The van der Waals surface area contributed by atoms with Crippen LogP contribution in [0.2, 0.25) is 0 Å². The Morgan fingerprint density at radius 1 is 1.23 bits per heavy atom. The Balaban J connectivity index is 1.70. The minimum atomic E-state index is -3.89. The van der Waals surface area contributed by atoms with Crippen LogP contribution in [-0.2, 0) is 21.2 Å². The molecule has 192 valence electrons. The zero-order valence-electron chi connectivity index (χ0n) is 19.7. The first-order chi connectivity index (χ1) is 16.4. The number of amides is 1. The summed E-state index contributed by atoms with van der Waals surface area (Å²) < 4.78 is 44.0. The minimum absolute atomic E-state index is 0.108. The van der Waals surface area contributed by atoms with Gasteiger partial charge in [0, 0.05) is 36.7 Å². The number of nitrogens with zero attached hydrogens (tertiary/aromatic N) is 1. The average molecular weight is 511 g/mol. The standard InChI is InChI=1S/C24H31FN2O7S/c1-24(23(30)26-31,35(2,32)33)10-12-27-11-9-17(13-22(27)29)20-8-7-19(14-21(20)25)34-15-16-3-5-18(28)6-4-16/h7-9,11,13-14,16,18,28,31H,3-6,10,12,15H2,1-2H3,(H,26,30)/t16?,18?,24-/m1/s1. The molecule has 1 atom stereocenters. The lowest BCUT2D eigenvalue weighted by molar-refractivity contribution is -0.131. The highest BCUT2D eigenvalue weighted by Gasteiger charge is 2.43. The van der Waals surface area contributed by atoms with Crippen LogP contribution in [0.15, 0.2) is 41.3 Å². The van der Waals surface area contributed by atoms with Gasteiger partial charge in [-0.1, -0.05) is 0 Å². The number of aliphatic hydroxyl groups is 1. The normalized spacial score (nSPS) is 20.1. The van der Waals surface area contributed by atoms with Crippen molar-refractivity contribution in [3.8, 4) is 16.9 Å². The number of rotatable bonds is 9. The molecular formula is C24H31FN2O7S. The van der Waals surface area contributed by atoms with Gasteiger partial charge in [-0.25, -0.2) is 18.3 Å². The number of hydroxylamine groups is 1. The highest BCUT2D eigenvalue weighted by Crippen LogP contribution is 2.28. The second kappa shape index (κ2) is 10.9. The number of aryl methyl sites for hydroxylation is 1. The fraction of sp³-hybridized carbons (Fsp3) is 0.500. The zero-order valence-corrected chi connectivity index (χ0v) is 20.6. The first-order valence-electron chi connectivity index (χ1n) is 11.4. The number of halogens is 1. The van der Waals surface area contributed by atoms with Crippen molar-refractivity contribution in [3.05, 3.63) is 52.7 Å². The number of pyridine rings is 1. The highest BCUT2D eigenvalue weighted by atomic mass is 32.2. The number of benzene rings is 1. The van der Waals surface area contributed by atoms with E-state index in [0.717, 1.165) is 31.9 Å². The van der Waals surface area contributed by atoms with Gasteiger partial charge in [-0.15, -0.1) is 0 Å². The summed E-state index contributed by atoms with van der Waals surface area (Å²) in [6.07, 6.45) is 5.00. The third kappa shape index (κ3) is 6.28. The van der Waals surface area contributed by atoms with E-state index < -0.39 is 31.9 Å². The van der Waals surface area contributed by atoms with Gasteiger partial charge >= 0.3 is 0 Å². The van der Waals surface area contributed by atoms with Crippen LogP contribution < -0.4 is 15.8 Å². The van der Waals surface area contributed by atoms with Crippen LogP contribution in [0.5, 0.6) is 5.75 Å². The van der Waals surface area contributed by atoms with Gasteiger partial charge in [-0.05, 0) is 68.7 Å². The van der Waals surface area contributed by atoms with Gasteiger partial charge in [0.1, 0.15) is 11.6 Å². The van der Waals surface area contributed by atoms with E-state index in [1.807, 2.05) is 0 Å². The lowest BCUT2D eigenvalue weighted by atomic mass is 9.88. The van der Waals surface area contributed by atoms with Crippen LogP contribution in [0, 0.1) is 11.7 Å². The molecule has 2 aromatic rings. The number of carbonyl (C=O) groups is 1. The van der Waals surface area contributed by atoms with E-state index in [4.69, 9.17) is 9.94 Å². The quantitative estimate of drug-likeness (QED) is 0.348. The number of nitrogens with one attached hydrogen (secondary N) is 1. The number of hydrogen-bond donors (Lipinski definition) is 3. The molecular weight excluding hydrogens is 479 g/mol. The third-order valence-electron chi connectivity index (χ3n) is 6.78. The molecule has 0 unspecified atom stereocenters. The fourth-order valence-electron chi connectivity index (χ4n) is 4.12. The predicted octanol–water partition coefficient (Wildman–Crippen LogP) is 2.28. The van der Waals surface area contributed by atoms with Gasteiger partial charge in [0.25, 0.3) is 11.5 Å². The molecule has 1 aromatic carbocycles. The third-order valence-corrected chi connectivity index (χ3v) is 8.81. The summed E-state index contributed by atoms with van der Waals surface area (Å²) in [5.74, 6) is -0.937. The molecule has 0 bridgehead atoms. The van der Waals surface area contributed by atoms with Crippen molar-refractivity contribution in [2.24, 2.45) is 5.92 Å². The summed E-state index contributed by atoms with van der Waals surface area (Å²) in [6.45, 7) is 1.51. The van der Waals surface area contributed by atoms with E-state index in [1.165, 1.54) is 47.4 Å². The average Bonchev–Trinajstić information content (AvgIpc) is 2.81. The number of ether oxygens (including phenoxy) is 1. The van der Waals surface area contributed by atoms with E-state index >= 15 is 0 Å². The van der Waals surface area contributed by atoms with Crippen LogP contribution in [0.25, 0.3) is 11.1 Å². The summed E-state index contributed by atoms with van der Waals surface area (Å²) in [5, 5.41) is 18.5. The van der Waals surface area contributed by atoms with Crippen molar-refractivity contribution in [2.75, 3.05) is 12.9 Å². The van der Waals surface area contributed by atoms with Crippen molar-refractivity contribution in [2.45, 2.75) is 56.4 Å².